The monoisotopic (exact) mass is 367 g/mol. The van der Waals surface area contributed by atoms with E-state index in [1.54, 1.807) is 0 Å². The van der Waals surface area contributed by atoms with E-state index in [9.17, 15) is 4.79 Å². The van der Waals surface area contributed by atoms with E-state index in [4.69, 9.17) is 4.42 Å². The lowest BCUT2D eigenvalue weighted by Crippen LogP contribution is -2.13. The molecule has 0 saturated heterocycles. The Labute approximate surface area is 144 Å². The summed E-state index contributed by atoms with van der Waals surface area (Å²) in [6.45, 7) is 5.71. The van der Waals surface area contributed by atoms with Crippen LogP contribution in [-0.2, 0) is 4.79 Å². The van der Waals surface area contributed by atoms with Gasteiger partial charge in [0.05, 0.1) is 22.1 Å². The van der Waals surface area contributed by atoms with E-state index in [2.05, 4.69) is 25.5 Å². The summed E-state index contributed by atoms with van der Waals surface area (Å²) in [6.07, 6.45) is 0. The molecule has 0 bridgehead atoms. The lowest BCUT2D eigenvalue weighted by Gasteiger charge is -1.98. The number of nitrogens with one attached hydrogen (secondary N) is 1. The van der Waals surface area contributed by atoms with Gasteiger partial charge in [0, 0.05) is 5.38 Å². The van der Waals surface area contributed by atoms with Crippen LogP contribution in [0.15, 0.2) is 15.0 Å². The summed E-state index contributed by atoms with van der Waals surface area (Å²) >= 11 is 4.09. The van der Waals surface area contributed by atoms with Gasteiger partial charge in [-0.1, -0.05) is 11.8 Å². The lowest BCUT2D eigenvalue weighted by molar-refractivity contribution is -0.113. The fourth-order valence-corrected chi connectivity index (χ4v) is 3.89. The molecule has 3 rings (SSSR count). The molecule has 0 radical (unpaired) electrons. The number of carbonyl (C=O) groups is 1. The SMILES string of the molecule is Cc1csc(NC(=O)CSc2nnc(-c3sc(C)nc3C)o2)n1. The van der Waals surface area contributed by atoms with Crippen molar-refractivity contribution < 1.29 is 9.21 Å². The van der Waals surface area contributed by atoms with Gasteiger partial charge in [-0.2, -0.15) is 0 Å². The molecule has 23 heavy (non-hydrogen) atoms. The van der Waals surface area contributed by atoms with Crippen LogP contribution < -0.4 is 5.32 Å². The molecule has 3 heterocycles. The summed E-state index contributed by atoms with van der Waals surface area (Å²) in [5, 5.41) is 14.5. The van der Waals surface area contributed by atoms with Crippen molar-refractivity contribution in [2.24, 2.45) is 0 Å². The second-order valence-electron chi connectivity index (χ2n) is 4.65. The largest absolute Gasteiger partial charge is 0.410 e. The lowest BCUT2D eigenvalue weighted by atomic mass is 10.4. The van der Waals surface area contributed by atoms with Crippen LogP contribution in [0.25, 0.3) is 10.8 Å². The van der Waals surface area contributed by atoms with E-state index in [1.807, 2.05) is 26.2 Å². The number of aryl methyl sites for hydroxylation is 3. The maximum atomic E-state index is 11.9. The predicted octanol–water partition coefficient (Wildman–Crippen LogP) is 3.31. The van der Waals surface area contributed by atoms with Gasteiger partial charge in [0.1, 0.15) is 4.88 Å². The maximum Gasteiger partial charge on any atom is 0.277 e. The first-order chi connectivity index (χ1) is 11.0. The standard InChI is InChI=1S/C13H13N5O2S3/c1-6-4-21-12(14-6)16-9(19)5-22-13-18-17-11(20-13)10-7(2)15-8(3)23-10/h4H,5H2,1-3H3,(H,14,16,19). The normalized spacial score (nSPS) is 10.9. The van der Waals surface area contributed by atoms with E-state index < -0.39 is 0 Å². The van der Waals surface area contributed by atoms with Gasteiger partial charge in [-0.15, -0.1) is 32.9 Å². The Morgan fingerprint density at radius 1 is 1.30 bits per heavy atom. The molecule has 0 atom stereocenters. The zero-order valence-corrected chi connectivity index (χ0v) is 15.1. The molecule has 10 heteroatoms. The Morgan fingerprint density at radius 3 is 2.78 bits per heavy atom. The van der Waals surface area contributed by atoms with Gasteiger partial charge in [0.25, 0.3) is 11.1 Å². The number of rotatable bonds is 5. The zero-order chi connectivity index (χ0) is 16.4. The predicted molar refractivity (Wildman–Crippen MR) is 91.1 cm³/mol. The molecule has 0 spiro atoms. The Bertz CT molecular complexity index is 838. The maximum absolute atomic E-state index is 11.9. The van der Waals surface area contributed by atoms with Crippen LogP contribution in [0.1, 0.15) is 16.4 Å². The van der Waals surface area contributed by atoms with E-state index in [0.717, 1.165) is 21.3 Å². The number of amides is 1. The van der Waals surface area contributed by atoms with Crippen LogP contribution in [0, 0.1) is 20.8 Å². The molecule has 1 N–H and O–H groups in total. The molecule has 0 saturated carbocycles. The second-order valence-corrected chi connectivity index (χ2v) is 7.64. The van der Waals surface area contributed by atoms with Crippen LogP contribution in [0.2, 0.25) is 0 Å². The quantitative estimate of drug-likeness (QED) is 0.691. The summed E-state index contributed by atoms with van der Waals surface area (Å²) in [7, 11) is 0. The minimum absolute atomic E-state index is 0.158. The number of hydrogen-bond acceptors (Lipinski definition) is 9. The first kappa shape index (κ1) is 16.1. The number of thioether (sulfide) groups is 1. The average molecular weight is 367 g/mol. The van der Waals surface area contributed by atoms with E-state index in [1.165, 1.54) is 34.4 Å². The number of aromatic nitrogens is 4. The summed E-state index contributed by atoms with van der Waals surface area (Å²) in [4.78, 5) is 21.2. The molecule has 3 aromatic heterocycles. The van der Waals surface area contributed by atoms with Crippen LogP contribution in [0.4, 0.5) is 5.13 Å². The van der Waals surface area contributed by atoms with E-state index in [0.29, 0.717) is 16.2 Å². The number of thiazole rings is 2. The van der Waals surface area contributed by atoms with Crippen molar-refractivity contribution in [2.45, 2.75) is 26.0 Å². The van der Waals surface area contributed by atoms with Crippen molar-refractivity contribution >= 4 is 45.5 Å². The highest BCUT2D eigenvalue weighted by Crippen LogP contribution is 2.30. The molecule has 0 aliphatic rings. The van der Waals surface area contributed by atoms with Gasteiger partial charge in [-0.05, 0) is 20.8 Å². The van der Waals surface area contributed by atoms with Crippen LogP contribution in [-0.4, -0.2) is 31.8 Å². The van der Waals surface area contributed by atoms with Crippen LogP contribution in [0.3, 0.4) is 0 Å². The third-order valence-corrected chi connectivity index (χ3v) is 5.45. The van der Waals surface area contributed by atoms with Gasteiger partial charge < -0.3 is 9.73 Å². The van der Waals surface area contributed by atoms with Crippen molar-refractivity contribution in [1.82, 2.24) is 20.2 Å². The first-order valence-corrected chi connectivity index (χ1v) is 9.32. The van der Waals surface area contributed by atoms with Crippen molar-refractivity contribution in [1.29, 1.82) is 0 Å². The number of carbonyl (C=O) groups excluding carboxylic acids is 1. The molecule has 0 aromatic carbocycles. The van der Waals surface area contributed by atoms with Crippen molar-refractivity contribution in [2.75, 3.05) is 11.1 Å². The van der Waals surface area contributed by atoms with Crippen LogP contribution >= 0.6 is 34.4 Å². The highest BCUT2D eigenvalue weighted by Gasteiger charge is 2.16. The minimum Gasteiger partial charge on any atom is -0.410 e. The third-order valence-electron chi connectivity index (χ3n) is 2.70. The molecule has 1 amide bonds. The molecule has 120 valence electrons. The smallest absolute Gasteiger partial charge is 0.277 e. The fourth-order valence-electron chi connectivity index (χ4n) is 1.78. The molecule has 0 aliphatic carbocycles. The average Bonchev–Trinajstić information content (AvgIpc) is 3.18. The number of hydrogen-bond donors (Lipinski definition) is 1. The van der Waals surface area contributed by atoms with Crippen LogP contribution in [0.5, 0.6) is 0 Å². The van der Waals surface area contributed by atoms with Crippen molar-refractivity contribution in [3.8, 4) is 10.8 Å². The molecule has 0 aliphatic heterocycles. The number of anilines is 1. The Kier molecular flexibility index (Phi) is 4.74. The summed E-state index contributed by atoms with van der Waals surface area (Å²) < 4.78 is 5.59. The molecule has 7 nitrogen and oxygen atoms in total. The van der Waals surface area contributed by atoms with Crippen molar-refractivity contribution in [3.63, 3.8) is 0 Å². The minimum atomic E-state index is -0.158. The van der Waals surface area contributed by atoms with Gasteiger partial charge in [0.2, 0.25) is 5.91 Å². The molecule has 0 unspecified atom stereocenters. The fraction of sp³-hybridized carbons (Fsp3) is 0.308. The zero-order valence-electron chi connectivity index (χ0n) is 12.6. The highest BCUT2D eigenvalue weighted by molar-refractivity contribution is 7.99. The summed E-state index contributed by atoms with van der Waals surface area (Å²) in [5.41, 5.74) is 1.75. The number of nitrogens with zero attached hydrogens (tertiary/aromatic N) is 4. The molecule has 3 aromatic rings. The van der Waals surface area contributed by atoms with E-state index >= 15 is 0 Å². The van der Waals surface area contributed by atoms with Gasteiger partial charge in [0.15, 0.2) is 5.13 Å². The van der Waals surface area contributed by atoms with E-state index in [-0.39, 0.29) is 11.7 Å². The van der Waals surface area contributed by atoms with Crippen molar-refractivity contribution in [3.05, 3.63) is 21.8 Å². The molecule has 0 fully saturated rings. The molecular formula is C13H13N5O2S3. The van der Waals surface area contributed by atoms with Gasteiger partial charge in [-0.25, -0.2) is 9.97 Å². The topological polar surface area (TPSA) is 93.8 Å². The third kappa shape index (κ3) is 3.95. The highest BCUT2D eigenvalue weighted by atomic mass is 32.2. The first-order valence-electron chi connectivity index (χ1n) is 6.64. The second kappa shape index (κ2) is 6.77. The summed E-state index contributed by atoms with van der Waals surface area (Å²) in [5.74, 6) is 0.460. The molecular weight excluding hydrogens is 354 g/mol. The Morgan fingerprint density at radius 2 is 2.13 bits per heavy atom. The van der Waals surface area contributed by atoms with Gasteiger partial charge in [-0.3, -0.25) is 4.79 Å². The Hall–Kier alpha value is -1.78. The summed E-state index contributed by atoms with van der Waals surface area (Å²) in [6, 6.07) is 0. The van der Waals surface area contributed by atoms with Gasteiger partial charge >= 0.3 is 0 Å². The Balaban J connectivity index is 1.59.